The van der Waals surface area contributed by atoms with Crippen molar-refractivity contribution in [2.24, 2.45) is 5.73 Å². The normalized spacial score (nSPS) is 19.9. The first-order chi connectivity index (χ1) is 14.9. The van der Waals surface area contributed by atoms with Crippen molar-refractivity contribution in [3.63, 3.8) is 0 Å². The molecule has 0 aliphatic carbocycles. The molecule has 0 fully saturated rings. The average molecular weight is 419 g/mol. The maximum absolute atomic E-state index is 13.4. The molecule has 31 heavy (non-hydrogen) atoms. The van der Waals surface area contributed by atoms with E-state index in [1.54, 1.807) is 17.6 Å². The van der Waals surface area contributed by atoms with Gasteiger partial charge in [0.25, 0.3) is 5.56 Å². The summed E-state index contributed by atoms with van der Waals surface area (Å²) in [6.45, 7) is 3.39. The lowest BCUT2D eigenvalue weighted by Crippen LogP contribution is -2.49. The van der Waals surface area contributed by atoms with Crippen LogP contribution >= 0.6 is 0 Å². The van der Waals surface area contributed by atoms with Crippen molar-refractivity contribution in [3.05, 3.63) is 63.4 Å². The Kier molecular flexibility index (Phi) is 4.23. The molecule has 0 amide bonds. The van der Waals surface area contributed by atoms with Crippen molar-refractivity contribution in [1.29, 1.82) is 0 Å². The van der Waals surface area contributed by atoms with Crippen LogP contribution in [0.1, 0.15) is 37.0 Å². The van der Waals surface area contributed by atoms with E-state index in [4.69, 9.17) is 20.2 Å². The number of carbonyl (C=O) groups is 2. The number of hydrogen-bond donors (Lipinski definition) is 1. The summed E-state index contributed by atoms with van der Waals surface area (Å²) in [6, 6.07) is 10.6. The first-order valence-corrected chi connectivity index (χ1v) is 10.2. The number of para-hydroxylation sites is 1. The monoisotopic (exact) mass is 419 g/mol. The predicted octanol–water partition coefficient (Wildman–Crippen LogP) is 1.98. The molecule has 0 saturated carbocycles. The molecule has 0 spiro atoms. The highest BCUT2D eigenvalue weighted by Crippen LogP contribution is 2.41. The Balaban J connectivity index is 1.75. The second-order valence-corrected chi connectivity index (χ2v) is 7.97. The lowest BCUT2D eigenvalue weighted by molar-refractivity contribution is -0.190. The lowest BCUT2D eigenvalue weighted by Gasteiger charge is -2.36. The number of pyridine rings is 2. The molecule has 1 aromatic carbocycles. The van der Waals surface area contributed by atoms with Crippen LogP contribution in [-0.2, 0) is 37.8 Å². The molecule has 4 heterocycles. The molecule has 5 rings (SSSR count). The van der Waals surface area contributed by atoms with Gasteiger partial charge in [-0.2, -0.15) is 0 Å². The highest BCUT2D eigenvalue weighted by Gasteiger charge is 2.50. The Morgan fingerprint density at radius 2 is 2.10 bits per heavy atom. The van der Waals surface area contributed by atoms with Crippen LogP contribution in [0, 0.1) is 0 Å². The maximum atomic E-state index is 13.4. The number of nitrogens with two attached hydrogens (primary N) is 1. The Bertz CT molecular complexity index is 1330. The van der Waals surface area contributed by atoms with Crippen molar-refractivity contribution >= 4 is 22.8 Å². The maximum Gasteiger partial charge on any atom is 0.355 e. The summed E-state index contributed by atoms with van der Waals surface area (Å²) >= 11 is 0. The zero-order valence-electron chi connectivity index (χ0n) is 17.2. The second kappa shape index (κ2) is 6.75. The third kappa shape index (κ3) is 2.71. The van der Waals surface area contributed by atoms with Gasteiger partial charge >= 0.3 is 11.9 Å². The number of ether oxygens (including phenoxy) is 2. The number of rotatable bonds is 3. The Morgan fingerprint density at radius 3 is 2.84 bits per heavy atom. The fourth-order valence-electron chi connectivity index (χ4n) is 4.35. The first kappa shape index (κ1) is 19.4. The van der Waals surface area contributed by atoms with Gasteiger partial charge in [-0.1, -0.05) is 25.1 Å². The van der Waals surface area contributed by atoms with Gasteiger partial charge in [-0.25, -0.2) is 9.78 Å². The summed E-state index contributed by atoms with van der Waals surface area (Å²) in [5.41, 5.74) is 7.32. The summed E-state index contributed by atoms with van der Waals surface area (Å²) in [4.78, 5) is 43.3. The third-order valence-electron chi connectivity index (χ3n) is 6.03. The van der Waals surface area contributed by atoms with Gasteiger partial charge in [-0.3, -0.25) is 9.59 Å². The number of aromatic nitrogens is 2. The molecular weight excluding hydrogens is 398 g/mol. The number of nitrogens with zero attached hydrogens (tertiary/aromatic N) is 2. The van der Waals surface area contributed by atoms with Gasteiger partial charge in [0.05, 0.1) is 29.0 Å². The number of benzene rings is 1. The summed E-state index contributed by atoms with van der Waals surface area (Å²) in [5.74, 6) is -1.44. The third-order valence-corrected chi connectivity index (χ3v) is 6.03. The number of hydrogen-bond acceptors (Lipinski definition) is 7. The van der Waals surface area contributed by atoms with Crippen molar-refractivity contribution in [1.82, 2.24) is 9.55 Å². The molecule has 0 saturated heterocycles. The lowest BCUT2D eigenvalue weighted by atomic mass is 9.85. The van der Waals surface area contributed by atoms with E-state index in [1.165, 1.54) is 6.92 Å². The molecule has 1 unspecified atom stereocenters. The van der Waals surface area contributed by atoms with Crippen molar-refractivity contribution in [2.75, 3.05) is 0 Å². The minimum atomic E-state index is -1.72. The van der Waals surface area contributed by atoms with Crippen LogP contribution in [0.25, 0.3) is 22.3 Å². The number of esters is 2. The molecule has 2 N–H and O–H groups in total. The molecule has 2 aliphatic heterocycles. The molecule has 8 nitrogen and oxygen atoms in total. The van der Waals surface area contributed by atoms with Gasteiger partial charge in [0.15, 0.2) is 0 Å². The van der Waals surface area contributed by atoms with Crippen LogP contribution in [0.2, 0.25) is 0 Å². The fourth-order valence-corrected chi connectivity index (χ4v) is 4.35. The smallest absolute Gasteiger partial charge is 0.355 e. The number of carbonyl (C=O) groups excluding carboxylic acids is 2. The molecule has 158 valence electrons. The summed E-state index contributed by atoms with van der Waals surface area (Å²) in [5, 5.41) is 0.985. The molecule has 8 heteroatoms. The van der Waals surface area contributed by atoms with E-state index in [0.29, 0.717) is 29.1 Å². The molecule has 0 radical (unpaired) electrons. The van der Waals surface area contributed by atoms with E-state index < -0.39 is 23.6 Å². The minimum Gasteiger partial charge on any atom is -0.457 e. The van der Waals surface area contributed by atoms with Crippen molar-refractivity contribution in [3.8, 4) is 11.4 Å². The highest BCUT2D eigenvalue weighted by molar-refractivity contribution is 5.89. The van der Waals surface area contributed by atoms with E-state index in [9.17, 15) is 14.4 Å². The van der Waals surface area contributed by atoms with Gasteiger partial charge in [0, 0.05) is 16.5 Å². The van der Waals surface area contributed by atoms with Gasteiger partial charge in [-0.15, -0.1) is 0 Å². The van der Waals surface area contributed by atoms with Gasteiger partial charge in [0.1, 0.15) is 12.6 Å². The molecule has 2 aromatic heterocycles. The van der Waals surface area contributed by atoms with Crippen LogP contribution in [0.5, 0.6) is 0 Å². The fraction of sp³-hybridized carbons (Fsp3) is 0.304. The van der Waals surface area contributed by atoms with Crippen LogP contribution in [0.4, 0.5) is 0 Å². The molecular formula is C23H21N3O5. The standard InChI is InChI=1S/C23H21N3O5/c1-3-23(31-21(28)12(2)24)16-9-18-19-14(8-13-6-4-5-7-17(13)25-19)10-26(18)20(27)15(16)11-30-22(23)29/h4-9,12H,3,10-11,24H2,1-2H3/t12-,23?/m0/s1. The first-order valence-electron chi connectivity index (χ1n) is 10.2. The molecule has 3 aromatic rings. The van der Waals surface area contributed by atoms with Crippen LogP contribution in [-0.4, -0.2) is 27.5 Å². The van der Waals surface area contributed by atoms with Crippen LogP contribution < -0.4 is 11.3 Å². The highest BCUT2D eigenvalue weighted by atomic mass is 16.6. The summed E-state index contributed by atoms with van der Waals surface area (Å²) in [6.07, 6.45) is 0.109. The van der Waals surface area contributed by atoms with Crippen LogP contribution in [0.15, 0.2) is 41.2 Å². The van der Waals surface area contributed by atoms with Crippen molar-refractivity contribution < 1.29 is 19.1 Å². The van der Waals surface area contributed by atoms with Crippen molar-refractivity contribution in [2.45, 2.75) is 45.1 Å². The Morgan fingerprint density at radius 1 is 1.32 bits per heavy atom. The second-order valence-electron chi connectivity index (χ2n) is 7.97. The SMILES string of the molecule is CCC1(OC(=O)[C@H](C)N)C(=O)OCc2c1cc1n(c2=O)Cc2cc3ccccc3nc2-1. The van der Waals surface area contributed by atoms with Gasteiger partial charge < -0.3 is 19.8 Å². The van der Waals surface area contributed by atoms with E-state index >= 15 is 0 Å². The Labute approximate surface area is 177 Å². The van der Waals surface area contributed by atoms with E-state index in [2.05, 4.69) is 0 Å². The quantitative estimate of drug-likeness (QED) is 0.505. The summed E-state index contributed by atoms with van der Waals surface area (Å²) < 4.78 is 12.5. The summed E-state index contributed by atoms with van der Waals surface area (Å²) in [7, 11) is 0. The largest absolute Gasteiger partial charge is 0.457 e. The molecule has 0 bridgehead atoms. The Hall–Kier alpha value is -3.52. The topological polar surface area (TPSA) is 114 Å². The van der Waals surface area contributed by atoms with E-state index in [0.717, 1.165) is 16.5 Å². The number of fused-ring (bicyclic) bond motifs is 5. The van der Waals surface area contributed by atoms with Crippen LogP contribution in [0.3, 0.4) is 0 Å². The zero-order chi connectivity index (χ0) is 21.9. The minimum absolute atomic E-state index is 0.109. The zero-order valence-corrected chi connectivity index (χ0v) is 17.2. The molecule has 2 aliphatic rings. The van der Waals surface area contributed by atoms with Gasteiger partial charge in [0.2, 0.25) is 5.60 Å². The predicted molar refractivity (Wildman–Crippen MR) is 112 cm³/mol. The van der Waals surface area contributed by atoms with Gasteiger partial charge in [-0.05, 0) is 31.5 Å². The van der Waals surface area contributed by atoms with E-state index in [-0.39, 0.29) is 18.6 Å². The number of cyclic esters (lactones) is 1. The molecule has 2 atom stereocenters. The average Bonchev–Trinajstić information content (AvgIpc) is 3.12. The van der Waals surface area contributed by atoms with E-state index in [1.807, 2.05) is 30.3 Å².